The minimum Gasteiger partial charge on any atom is -0.496 e. The van der Waals surface area contributed by atoms with E-state index >= 15 is 0 Å². The second-order valence-corrected chi connectivity index (χ2v) is 5.34. The molecule has 1 aromatic heterocycles. The van der Waals surface area contributed by atoms with Crippen LogP contribution in [0.15, 0.2) is 36.8 Å². The molecule has 0 radical (unpaired) electrons. The fourth-order valence-electron chi connectivity index (χ4n) is 2.88. The van der Waals surface area contributed by atoms with Crippen LogP contribution >= 0.6 is 0 Å². The van der Waals surface area contributed by atoms with Crippen LogP contribution in [0, 0.1) is 0 Å². The van der Waals surface area contributed by atoms with Crippen molar-refractivity contribution in [3.8, 4) is 5.75 Å². The summed E-state index contributed by atoms with van der Waals surface area (Å²) in [5.74, 6) is 0.580. The lowest BCUT2D eigenvalue weighted by Gasteiger charge is -2.24. The van der Waals surface area contributed by atoms with Crippen molar-refractivity contribution >= 4 is 5.91 Å². The van der Waals surface area contributed by atoms with Gasteiger partial charge < -0.3 is 15.8 Å². The maximum Gasteiger partial charge on any atom is 0.245 e. The van der Waals surface area contributed by atoms with Crippen molar-refractivity contribution in [3.63, 3.8) is 0 Å². The van der Waals surface area contributed by atoms with Crippen LogP contribution < -0.4 is 15.8 Å². The number of methoxy groups -OCH3 is 1. The second-order valence-electron chi connectivity index (χ2n) is 5.34. The zero-order valence-electron chi connectivity index (χ0n) is 12.4. The Morgan fingerprint density at radius 3 is 3.05 bits per heavy atom. The van der Waals surface area contributed by atoms with E-state index in [1.54, 1.807) is 25.7 Å². The predicted molar refractivity (Wildman–Crippen MR) is 81.1 cm³/mol. The van der Waals surface area contributed by atoms with Crippen LogP contribution in [0.4, 0.5) is 0 Å². The van der Waals surface area contributed by atoms with E-state index < -0.39 is 5.54 Å². The molecule has 0 saturated carbocycles. The third-order valence-corrected chi connectivity index (χ3v) is 4.05. The van der Waals surface area contributed by atoms with Gasteiger partial charge >= 0.3 is 0 Å². The molecule has 22 heavy (non-hydrogen) atoms. The highest BCUT2D eigenvalue weighted by molar-refractivity contribution is 5.89. The highest BCUT2D eigenvalue weighted by Gasteiger charge is 2.42. The largest absolute Gasteiger partial charge is 0.496 e. The van der Waals surface area contributed by atoms with E-state index in [0.29, 0.717) is 18.7 Å². The molecule has 1 aliphatic rings. The number of carbonyl (C=O) groups is 1. The number of fused-ring (bicyclic) bond motifs is 1. The fourth-order valence-corrected chi connectivity index (χ4v) is 2.88. The van der Waals surface area contributed by atoms with Gasteiger partial charge in [0.25, 0.3) is 0 Å². The summed E-state index contributed by atoms with van der Waals surface area (Å²) in [5, 5.41) is 2.85. The Bertz CT molecular complexity index is 690. The summed E-state index contributed by atoms with van der Waals surface area (Å²) < 4.78 is 5.35. The molecule has 0 fully saturated rings. The first-order valence-corrected chi connectivity index (χ1v) is 7.13. The Labute approximate surface area is 128 Å². The minimum absolute atomic E-state index is 0.204. The Balaban J connectivity index is 1.79. The SMILES string of the molecule is COc1cccc2c1CCC2(N)C(=O)NCc1cnccn1. The number of hydrogen-bond acceptors (Lipinski definition) is 5. The number of amides is 1. The monoisotopic (exact) mass is 298 g/mol. The van der Waals surface area contributed by atoms with E-state index in [-0.39, 0.29) is 5.91 Å². The zero-order chi connectivity index (χ0) is 15.6. The first-order chi connectivity index (χ1) is 10.6. The standard InChI is InChI=1S/C16H18N4O2/c1-22-14-4-2-3-13-12(14)5-6-16(13,17)15(21)20-10-11-9-18-7-8-19-11/h2-4,7-9H,5-6,10,17H2,1H3,(H,20,21). The molecule has 3 rings (SSSR count). The Hall–Kier alpha value is -2.47. The van der Waals surface area contributed by atoms with Gasteiger partial charge in [-0.15, -0.1) is 0 Å². The van der Waals surface area contributed by atoms with Crippen LogP contribution in [0.25, 0.3) is 0 Å². The third-order valence-electron chi connectivity index (χ3n) is 4.05. The highest BCUT2D eigenvalue weighted by Crippen LogP contribution is 2.39. The summed E-state index contributed by atoms with van der Waals surface area (Å²) >= 11 is 0. The molecule has 1 atom stereocenters. The minimum atomic E-state index is -1.02. The molecule has 0 bridgehead atoms. The maximum atomic E-state index is 12.6. The van der Waals surface area contributed by atoms with Gasteiger partial charge in [0.05, 0.1) is 25.5 Å². The van der Waals surface area contributed by atoms with Crippen LogP contribution in [0.5, 0.6) is 5.75 Å². The molecule has 1 unspecified atom stereocenters. The molecule has 2 aromatic rings. The molecular weight excluding hydrogens is 280 g/mol. The summed E-state index contributed by atoms with van der Waals surface area (Å²) in [6.07, 6.45) is 6.10. The van der Waals surface area contributed by atoms with Crippen molar-refractivity contribution in [1.82, 2.24) is 15.3 Å². The van der Waals surface area contributed by atoms with Gasteiger partial charge in [-0.05, 0) is 30.0 Å². The smallest absolute Gasteiger partial charge is 0.245 e. The number of carbonyl (C=O) groups excluding carboxylic acids is 1. The average molecular weight is 298 g/mol. The van der Waals surface area contributed by atoms with Gasteiger partial charge in [0.15, 0.2) is 0 Å². The van der Waals surface area contributed by atoms with E-state index in [1.807, 2.05) is 18.2 Å². The molecule has 1 amide bonds. The number of ether oxygens (including phenoxy) is 1. The van der Waals surface area contributed by atoms with Crippen molar-refractivity contribution in [2.24, 2.45) is 5.73 Å². The Morgan fingerprint density at radius 1 is 1.45 bits per heavy atom. The summed E-state index contributed by atoms with van der Waals surface area (Å²) in [6.45, 7) is 0.310. The summed E-state index contributed by atoms with van der Waals surface area (Å²) in [5.41, 5.74) is 7.93. The van der Waals surface area contributed by atoms with Gasteiger partial charge in [0.1, 0.15) is 11.3 Å². The van der Waals surface area contributed by atoms with Crippen molar-refractivity contribution in [2.75, 3.05) is 7.11 Å². The lowest BCUT2D eigenvalue weighted by Crippen LogP contribution is -2.49. The third kappa shape index (κ3) is 2.42. The first kappa shape index (κ1) is 14.5. The molecule has 1 aliphatic carbocycles. The van der Waals surface area contributed by atoms with Crippen molar-refractivity contribution < 1.29 is 9.53 Å². The quantitative estimate of drug-likeness (QED) is 0.875. The molecule has 1 heterocycles. The number of nitrogens with two attached hydrogens (primary N) is 1. The van der Waals surface area contributed by atoms with Gasteiger partial charge in [-0.3, -0.25) is 14.8 Å². The van der Waals surface area contributed by atoms with E-state index in [4.69, 9.17) is 10.5 Å². The lowest BCUT2D eigenvalue weighted by atomic mass is 9.92. The summed E-state index contributed by atoms with van der Waals surface area (Å²) in [6, 6.07) is 5.65. The van der Waals surface area contributed by atoms with Gasteiger partial charge in [-0.25, -0.2) is 0 Å². The number of nitrogens with one attached hydrogen (secondary N) is 1. The van der Waals surface area contributed by atoms with Crippen molar-refractivity contribution in [2.45, 2.75) is 24.9 Å². The summed E-state index contributed by atoms with van der Waals surface area (Å²) in [7, 11) is 1.63. The van der Waals surface area contributed by atoms with Crippen molar-refractivity contribution in [3.05, 3.63) is 53.6 Å². The fraction of sp³-hybridized carbons (Fsp3) is 0.312. The number of benzene rings is 1. The number of hydrogen-bond donors (Lipinski definition) is 2. The first-order valence-electron chi connectivity index (χ1n) is 7.13. The molecule has 3 N–H and O–H groups in total. The Kier molecular flexibility index (Phi) is 3.77. The molecule has 114 valence electrons. The van der Waals surface area contributed by atoms with E-state index in [0.717, 1.165) is 23.3 Å². The molecular formula is C16H18N4O2. The van der Waals surface area contributed by atoms with Gasteiger partial charge in [-0.1, -0.05) is 12.1 Å². The van der Waals surface area contributed by atoms with E-state index in [2.05, 4.69) is 15.3 Å². The summed E-state index contributed by atoms with van der Waals surface area (Å²) in [4.78, 5) is 20.7. The Morgan fingerprint density at radius 2 is 2.32 bits per heavy atom. The maximum absolute atomic E-state index is 12.6. The number of aromatic nitrogens is 2. The molecule has 0 aliphatic heterocycles. The molecule has 1 aromatic carbocycles. The van der Waals surface area contributed by atoms with Crippen LogP contribution in [-0.4, -0.2) is 23.0 Å². The van der Waals surface area contributed by atoms with Crippen LogP contribution in [0.1, 0.15) is 23.2 Å². The lowest BCUT2D eigenvalue weighted by molar-refractivity contribution is -0.126. The second kappa shape index (κ2) is 5.73. The number of rotatable bonds is 4. The van der Waals surface area contributed by atoms with Gasteiger partial charge in [0, 0.05) is 12.4 Å². The zero-order valence-corrected chi connectivity index (χ0v) is 12.4. The van der Waals surface area contributed by atoms with Gasteiger partial charge in [0.2, 0.25) is 5.91 Å². The molecule has 0 spiro atoms. The van der Waals surface area contributed by atoms with E-state index in [1.165, 1.54) is 0 Å². The normalized spacial score (nSPS) is 19.5. The predicted octanol–water partition coefficient (Wildman–Crippen LogP) is 0.902. The highest BCUT2D eigenvalue weighted by atomic mass is 16.5. The molecule has 0 saturated heterocycles. The van der Waals surface area contributed by atoms with Gasteiger partial charge in [-0.2, -0.15) is 0 Å². The van der Waals surface area contributed by atoms with Crippen molar-refractivity contribution in [1.29, 1.82) is 0 Å². The molecule has 6 nitrogen and oxygen atoms in total. The van der Waals surface area contributed by atoms with Crippen LogP contribution in [-0.2, 0) is 23.3 Å². The van der Waals surface area contributed by atoms with Crippen LogP contribution in [0.3, 0.4) is 0 Å². The van der Waals surface area contributed by atoms with E-state index in [9.17, 15) is 4.79 Å². The van der Waals surface area contributed by atoms with Crippen LogP contribution in [0.2, 0.25) is 0 Å². The molecule has 6 heteroatoms. The average Bonchev–Trinajstić information content (AvgIpc) is 2.92. The number of nitrogens with zero attached hydrogens (tertiary/aromatic N) is 2. The topological polar surface area (TPSA) is 90.1 Å².